The average Bonchev–Trinajstić information content (AvgIpc) is 1.97. The maximum absolute atomic E-state index is 9.33. The largest absolute Gasteiger partial charge is 0.428 e. The summed E-state index contributed by atoms with van der Waals surface area (Å²) in [4.78, 5) is 9.33. The third kappa shape index (κ3) is 6.04. The van der Waals surface area contributed by atoms with Crippen molar-refractivity contribution in [3.63, 3.8) is 0 Å². The summed E-state index contributed by atoms with van der Waals surface area (Å²) in [6.45, 7) is 4.24. The second-order valence-electron chi connectivity index (χ2n) is 2.41. The molecule has 0 rings (SSSR count). The smallest absolute Gasteiger partial charge is 0.234 e. The van der Waals surface area contributed by atoms with Crippen LogP contribution in [0.1, 0.15) is 33.1 Å². The Labute approximate surface area is 65.5 Å². The molecule has 0 amide bonds. The summed E-state index contributed by atoms with van der Waals surface area (Å²) >= 11 is 0. The van der Waals surface area contributed by atoms with Crippen molar-refractivity contribution in [1.29, 1.82) is 0 Å². The lowest BCUT2D eigenvalue weighted by Crippen LogP contribution is -2.06. The fraction of sp³-hybridized carbons (Fsp3) is 0.750. The fourth-order valence-corrected chi connectivity index (χ4v) is 2.09. The minimum absolute atomic E-state index is 1.01. The predicted molar refractivity (Wildman–Crippen MR) is 47.1 cm³/mol. The molecule has 0 saturated carbocycles. The van der Waals surface area contributed by atoms with E-state index in [-0.39, 0.29) is 0 Å². The van der Waals surface area contributed by atoms with Gasteiger partial charge in [-0.05, 0) is 12.5 Å². The van der Waals surface area contributed by atoms with Crippen LogP contribution in [0.3, 0.4) is 0 Å². The molecule has 0 aromatic heterocycles. The number of unbranched alkanes of at least 4 members (excludes halogenated alkanes) is 1. The Balaban J connectivity index is 3.24. The van der Waals surface area contributed by atoms with Gasteiger partial charge in [-0.1, -0.05) is 38.5 Å². The Morgan fingerprint density at radius 2 is 2.10 bits per heavy atom. The van der Waals surface area contributed by atoms with Gasteiger partial charge < -0.3 is 4.80 Å². The zero-order valence-corrected chi connectivity index (χ0v) is 7.93. The van der Waals surface area contributed by atoms with Crippen LogP contribution in [0, 0.1) is 0 Å². The first kappa shape index (κ1) is 9.92. The predicted octanol–water partition coefficient (Wildman–Crippen LogP) is 2.28. The highest BCUT2D eigenvalue weighted by Gasteiger charge is 2.00. The van der Waals surface area contributed by atoms with Crippen molar-refractivity contribution in [3.8, 4) is 0 Å². The Bertz CT molecular complexity index is 91.3. The van der Waals surface area contributed by atoms with Gasteiger partial charge >= 0.3 is 0 Å². The van der Waals surface area contributed by atoms with Crippen molar-refractivity contribution in [2.45, 2.75) is 39.2 Å². The maximum Gasteiger partial charge on any atom is 0.234 e. The van der Waals surface area contributed by atoms with E-state index in [1.54, 1.807) is 0 Å². The normalized spacial score (nSPS) is 11.6. The molecule has 1 radical (unpaired) electrons. The zero-order chi connectivity index (χ0) is 7.82. The van der Waals surface area contributed by atoms with Crippen LogP contribution in [0.15, 0.2) is 11.8 Å². The number of hydrogen-bond acceptors (Lipinski definition) is 1. The van der Waals surface area contributed by atoms with E-state index >= 15 is 0 Å². The van der Waals surface area contributed by atoms with Crippen LogP contribution < -0.4 is 0 Å². The lowest BCUT2D eigenvalue weighted by molar-refractivity contribution is 0.576. The molecule has 1 N–H and O–H groups in total. The average molecular weight is 157 g/mol. The van der Waals surface area contributed by atoms with Gasteiger partial charge in [0.05, 0.1) is 0 Å². The molecule has 0 aliphatic heterocycles. The molecule has 1 nitrogen and oxygen atoms in total. The molecule has 0 aliphatic carbocycles. The summed E-state index contributed by atoms with van der Waals surface area (Å²) in [5.74, 6) is 0. The van der Waals surface area contributed by atoms with Crippen molar-refractivity contribution >= 4 is 9.04 Å². The molecule has 0 heterocycles. The highest BCUT2D eigenvalue weighted by atomic mass is 28.3. The summed E-state index contributed by atoms with van der Waals surface area (Å²) < 4.78 is 0. The number of allylic oxidation sites excluding steroid dienone is 1. The van der Waals surface area contributed by atoms with Crippen molar-refractivity contribution in [2.24, 2.45) is 0 Å². The molecular formula is C8H17OSi. The van der Waals surface area contributed by atoms with Crippen molar-refractivity contribution in [3.05, 3.63) is 11.8 Å². The Morgan fingerprint density at radius 3 is 2.60 bits per heavy atom. The summed E-state index contributed by atoms with van der Waals surface area (Å²) in [5.41, 5.74) is 1.99. The first-order chi connectivity index (χ1) is 4.81. The molecule has 0 aromatic carbocycles. The van der Waals surface area contributed by atoms with Gasteiger partial charge in [0, 0.05) is 0 Å². The van der Waals surface area contributed by atoms with E-state index < -0.39 is 9.04 Å². The van der Waals surface area contributed by atoms with Crippen LogP contribution in [0.2, 0.25) is 6.04 Å². The summed E-state index contributed by atoms with van der Waals surface area (Å²) in [6, 6.07) is 1.01. The van der Waals surface area contributed by atoms with E-state index in [1.807, 2.05) is 5.70 Å². The fourth-order valence-electron chi connectivity index (χ4n) is 0.695. The van der Waals surface area contributed by atoms with Gasteiger partial charge in [0.25, 0.3) is 0 Å². The zero-order valence-electron chi connectivity index (χ0n) is 6.93. The van der Waals surface area contributed by atoms with Crippen molar-refractivity contribution < 1.29 is 4.80 Å². The minimum Gasteiger partial charge on any atom is -0.428 e. The van der Waals surface area contributed by atoms with Gasteiger partial charge in [-0.25, -0.2) is 0 Å². The van der Waals surface area contributed by atoms with Gasteiger partial charge in [-0.3, -0.25) is 0 Å². The van der Waals surface area contributed by atoms with Gasteiger partial charge in [0.2, 0.25) is 9.04 Å². The first-order valence-electron chi connectivity index (χ1n) is 4.02. The molecule has 0 atom stereocenters. The molecule has 0 spiro atoms. The van der Waals surface area contributed by atoms with Crippen LogP contribution in [-0.2, 0) is 0 Å². The molecule has 0 unspecified atom stereocenters. The SMILES string of the molecule is CCC=C[Si](O)CCCC. The monoisotopic (exact) mass is 157 g/mol. The van der Waals surface area contributed by atoms with Crippen molar-refractivity contribution in [1.82, 2.24) is 0 Å². The molecule has 0 aromatic rings. The Hall–Kier alpha value is -0.0831. The second-order valence-corrected chi connectivity index (χ2v) is 4.22. The van der Waals surface area contributed by atoms with Crippen molar-refractivity contribution in [2.75, 3.05) is 0 Å². The van der Waals surface area contributed by atoms with E-state index in [9.17, 15) is 4.80 Å². The molecule has 0 fully saturated rings. The topological polar surface area (TPSA) is 20.2 Å². The molecule has 0 saturated heterocycles. The van der Waals surface area contributed by atoms with Gasteiger partial charge in [0.1, 0.15) is 0 Å². The minimum atomic E-state index is -1.10. The molecule has 10 heavy (non-hydrogen) atoms. The molecule has 0 bridgehead atoms. The van der Waals surface area contributed by atoms with E-state index in [2.05, 4.69) is 19.9 Å². The van der Waals surface area contributed by atoms with Gasteiger partial charge in [-0.2, -0.15) is 0 Å². The van der Waals surface area contributed by atoms with E-state index in [0.717, 1.165) is 12.5 Å². The van der Waals surface area contributed by atoms with Crippen LogP contribution in [0.25, 0.3) is 0 Å². The lowest BCUT2D eigenvalue weighted by Gasteiger charge is -1.98. The van der Waals surface area contributed by atoms with Gasteiger partial charge in [0.15, 0.2) is 0 Å². The van der Waals surface area contributed by atoms with Crippen LogP contribution >= 0.6 is 0 Å². The maximum atomic E-state index is 9.33. The lowest BCUT2D eigenvalue weighted by atomic mass is 10.4. The molecule has 0 aliphatic rings. The summed E-state index contributed by atoms with van der Waals surface area (Å²) in [7, 11) is -1.10. The van der Waals surface area contributed by atoms with Crippen LogP contribution in [0.4, 0.5) is 0 Å². The molecule has 59 valence electrons. The van der Waals surface area contributed by atoms with E-state index in [1.165, 1.54) is 12.8 Å². The number of rotatable bonds is 5. The Kier molecular flexibility index (Phi) is 6.97. The first-order valence-corrected chi connectivity index (χ1v) is 5.75. The highest BCUT2D eigenvalue weighted by molar-refractivity contribution is 6.56. The molecular weight excluding hydrogens is 140 g/mol. The quantitative estimate of drug-likeness (QED) is 0.607. The Morgan fingerprint density at radius 1 is 1.40 bits per heavy atom. The third-order valence-corrected chi connectivity index (χ3v) is 2.82. The third-order valence-electron chi connectivity index (χ3n) is 1.33. The van der Waals surface area contributed by atoms with Crippen LogP contribution in [-0.4, -0.2) is 13.8 Å². The molecule has 2 heteroatoms. The summed E-state index contributed by atoms with van der Waals surface area (Å²) in [6.07, 6.45) is 5.46. The van der Waals surface area contributed by atoms with E-state index in [4.69, 9.17) is 0 Å². The summed E-state index contributed by atoms with van der Waals surface area (Å²) in [5, 5.41) is 0. The highest BCUT2D eigenvalue weighted by Crippen LogP contribution is 1.99. The van der Waals surface area contributed by atoms with E-state index in [0.29, 0.717) is 0 Å². The van der Waals surface area contributed by atoms with Crippen LogP contribution in [0.5, 0.6) is 0 Å². The standard InChI is InChI=1S/C8H17OSi/c1-3-5-7-10(9)8-6-4-2/h5,7,9H,3-4,6,8H2,1-2H3. The number of hydrogen-bond donors (Lipinski definition) is 1. The van der Waals surface area contributed by atoms with Gasteiger partial charge in [-0.15, -0.1) is 0 Å². The second kappa shape index (κ2) is 7.03.